The van der Waals surface area contributed by atoms with E-state index in [4.69, 9.17) is 16.9 Å². The van der Waals surface area contributed by atoms with Gasteiger partial charge in [-0.1, -0.05) is 35.9 Å². The van der Waals surface area contributed by atoms with Gasteiger partial charge in [0.1, 0.15) is 0 Å². The average Bonchev–Trinajstić information content (AvgIpc) is 2.54. The van der Waals surface area contributed by atoms with Gasteiger partial charge in [0.25, 0.3) is 0 Å². The molecule has 1 N–H and O–H groups in total. The van der Waals surface area contributed by atoms with Crippen molar-refractivity contribution in [3.05, 3.63) is 70.2 Å². The number of hydrogen-bond donors (Lipinski definition) is 1. The summed E-state index contributed by atoms with van der Waals surface area (Å²) in [7, 11) is 0. The third-order valence-electron chi connectivity index (χ3n) is 3.47. The van der Waals surface area contributed by atoms with Gasteiger partial charge in [0, 0.05) is 11.4 Å². The molecule has 0 bridgehead atoms. The predicted molar refractivity (Wildman–Crippen MR) is 87.5 cm³/mol. The van der Waals surface area contributed by atoms with Crippen LogP contribution in [0.15, 0.2) is 48.5 Å². The molecule has 2 rings (SSSR count). The molecule has 0 radical (unpaired) electrons. The van der Waals surface area contributed by atoms with Gasteiger partial charge in [-0.2, -0.15) is 5.26 Å². The van der Waals surface area contributed by atoms with Crippen molar-refractivity contribution in [2.75, 3.05) is 0 Å². The van der Waals surface area contributed by atoms with Crippen molar-refractivity contribution >= 4 is 17.5 Å². The first-order chi connectivity index (χ1) is 10.6. The van der Waals surface area contributed by atoms with E-state index in [2.05, 4.69) is 11.4 Å². The van der Waals surface area contributed by atoms with Crippen molar-refractivity contribution in [2.24, 2.45) is 0 Å². The van der Waals surface area contributed by atoms with Gasteiger partial charge in [0.15, 0.2) is 0 Å². The van der Waals surface area contributed by atoms with E-state index in [1.807, 2.05) is 43.3 Å². The molecule has 0 aliphatic heterocycles. The van der Waals surface area contributed by atoms with E-state index in [9.17, 15) is 4.79 Å². The second-order valence-corrected chi connectivity index (χ2v) is 5.59. The summed E-state index contributed by atoms with van der Waals surface area (Å²) in [6.07, 6.45) is 1.08. The molecule has 1 amide bonds. The summed E-state index contributed by atoms with van der Waals surface area (Å²) in [6.45, 7) is 1.95. The summed E-state index contributed by atoms with van der Waals surface area (Å²) in [5, 5.41) is 12.4. The van der Waals surface area contributed by atoms with Crippen LogP contribution in [-0.4, -0.2) is 5.91 Å². The number of hydrogen-bond acceptors (Lipinski definition) is 2. The highest BCUT2D eigenvalue weighted by atomic mass is 35.5. The average molecular weight is 313 g/mol. The zero-order chi connectivity index (χ0) is 15.9. The summed E-state index contributed by atoms with van der Waals surface area (Å²) in [5.74, 6) is 0.00631. The quantitative estimate of drug-likeness (QED) is 0.906. The normalized spacial score (nSPS) is 11.5. The van der Waals surface area contributed by atoms with Crippen LogP contribution in [0.3, 0.4) is 0 Å². The molecular formula is C18H17ClN2O. The van der Waals surface area contributed by atoms with Gasteiger partial charge >= 0.3 is 0 Å². The Morgan fingerprint density at radius 1 is 1.18 bits per heavy atom. The van der Waals surface area contributed by atoms with Crippen molar-refractivity contribution in [3.63, 3.8) is 0 Å². The van der Waals surface area contributed by atoms with Crippen LogP contribution in [0.5, 0.6) is 0 Å². The number of aryl methyl sites for hydroxylation is 1. The number of rotatable bonds is 5. The first kappa shape index (κ1) is 16.1. The highest BCUT2D eigenvalue weighted by molar-refractivity contribution is 6.30. The maximum Gasteiger partial charge on any atom is 0.220 e. The maximum absolute atomic E-state index is 12.0. The van der Waals surface area contributed by atoms with Crippen LogP contribution in [-0.2, 0) is 11.2 Å². The monoisotopic (exact) mass is 312 g/mol. The minimum Gasteiger partial charge on any atom is -0.350 e. The van der Waals surface area contributed by atoms with Crippen LogP contribution < -0.4 is 5.32 Å². The van der Waals surface area contributed by atoms with Crippen molar-refractivity contribution in [1.82, 2.24) is 5.32 Å². The second-order valence-electron chi connectivity index (χ2n) is 5.15. The smallest absolute Gasteiger partial charge is 0.220 e. The number of nitrogens with one attached hydrogen (secondary N) is 1. The largest absolute Gasteiger partial charge is 0.350 e. The number of nitrogens with zero attached hydrogens (tertiary/aromatic N) is 1. The lowest BCUT2D eigenvalue weighted by molar-refractivity contribution is -0.121. The number of halogens is 1. The predicted octanol–water partition coefficient (Wildman–Crippen LogP) is 4.02. The summed E-state index contributed by atoms with van der Waals surface area (Å²) < 4.78 is 0. The third kappa shape index (κ3) is 4.61. The van der Waals surface area contributed by atoms with E-state index in [0.29, 0.717) is 23.4 Å². The Morgan fingerprint density at radius 3 is 2.41 bits per heavy atom. The molecule has 2 aromatic rings. The molecule has 2 aromatic carbocycles. The third-order valence-corrected chi connectivity index (χ3v) is 3.72. The van der Waals surface area contributed by atoms with Gasteiger partial charge in [-0.05, 0) is 48.7 Å². The van der Waals surface area contributed by atoms with Crippen LogP contribution in [0.1, 0.15) is 36.1 Å². The maximum atomic E-state index is 12.0. The van der Waals surface area contributed by atoms with Crippen LogP contribution in [0.2, 0.25) is 5.02 Å². The van der Waals surface area contributed by atoms with Crippen LogP contribution in [0.4, 0.5) is 0 Å². The molecule has 4 heteroatoms. The lowest BCUT2D eigenvalue weighted by Crippen LogP contribution is -2.26. The Hall–Kier alpha value is -2.31. The van der Waals surface area contributed by atoms with Crippen LogP contribution >= 0.6 is 11.6 Å². The van der Waals surface area contributed by atoms with E-state index in [0.717, 1.165) is 11.1 Å². The van der Waals surface area contributed by atoms with Gasteiger partial charge in [-0.25, -0.2) is 0 Å². The Morgan fingerprint density at radius 2 is 1.82 bits per heavy atom. The van der Waals surface area contributed by atoms with Crippen molar-refractivity contribution in [3.8, 4) is 6.07 Å². The van der Waals surface area contributed by atoms with E-state index in [1.54, 1.807) is 12.1 Å². The standard InChI is InChI=1S/C18H17ClN2O/c1-13(16-7-9-17(19)10-8-16)21-18(22)11-6-14-2-4-15(12-20)5-3-14/h2-5,7-10,13H,6,11H2,1H3,(H,21,22). The molecular weight excluding hydrogens is 296 g/mol. The zero-order valence-electron chi connectivity index (χ0n) is 12.3. The molecule has 0 aliphatic carbocycles. The van der Waals surface area contributed by atoms with Crippen molar-refractivity contribution < 1.29 is 4.79 Å². The van der Waals surface area contributed by atoms with Gasteiger partial charge < -0.3 is 5.32 Å². The highest BCUT2D eigenvalue weighted by Gasteiger charge is 2.09. The minimum atomic E-state index is -0.0502. The van der Waals surface area contributed by atoms with E-state index in [-0.39, 0.29) is 11.9 Å². The molecule has 1 atom stereocenters. The number of amides is 1. The first-order valence-electron chi connectivity index (χ1n) is 7.12. The summed E-state index contributed by atoms with van der Waals surface area (Å²) in [6, 6.07) is 16.8. The Balaban J connectivity index is 1.84. The number of carbonyl (C=O) groups excluding carboxylic acids is 1. The van der Waals surface area contributed by atoms with Gasteiger partial charge in [-0.3, -0.25) is 4.79 Å². The molecule has 112 valence electrons. The molecule has 0 spiro atoms. The molecule has 0 saturated carbocycles. The van der Waals surface area contributed by atoms with Crippen LogP contribution in [0.25, 0.3) is 0 Å². The van der Waals surface area contributed by atoms with Crippen molar-refractivity contribution in [1.29, 1.82) is 5.26 Å². The summed E-state index contributed by atoms with van der Waals surface area (Å²) in [4.78, 5) is 12.0. The highest BCUT2D eigenvalue weighted by Crippen LogP contribution is 2.16. The lowest BCUT2D eigenvalue weighted by atomic mass is 10.1. The Labute approximate surface area is 135 Å². The molecule has 22 heavy (non-hydrogen) atoms. The topological polar surface area (TPSA) is 52.9 Å². The zero-order valence-corrected chi connectivity index (χ0v) is 13.1. The molecule has 0 aromatic heterocycles. The van der Waals surface area contributed by atoms with E-state index in [1.165, 1.54) is 0 Å². The minimum absolute atomic E-state index is 0.00631. The van der Waals surface area contributed by atoms with Gasteiger partial charge in [0.2, 0.25) is 5.91 Å². The molecule has 3 nitrogen and oxygen atoms in total. The fraction of sp³-hybridized carbons (Fsp3) is 0.222. The SMILES string of the molecule is CC(NC(=O)CCc1ccc(C#N)cc1)c1ccc(Cl)cc1. The number of nitriles is 1. The van der Waals surface area contributed by atoms with Gasteiger partial charge in [-0.15, -0.1) is 0 Å². The number of benzene rings is 2. The van der Waals surface area contributed by atoms with Crippen molar-refractivity contribution in [2.45, 2.75) is 25.8 Å². The van der Waals surface area contributed by atoms with E-state index < -0.39 is 0 Å². The fourth-order valence-electron chi connectivity index (χ4n) is 2.15. The van der Waals surface area contributed by atoms with Crippen LogP contribution in [0, 0.1) is 11.3 Å². The number of carbonyl (C=O) groups is 1. The molecule has 0 aliphatic rings. The fourth-order valence-corrected chi connectivity index (χ4v) is 2.28. The Bertz CT molecular complexity index is 672. The molecule has 0 fully saturated rings. The Kier molecular flexibility index (Phi) is 5.57. The second kappa shape index (κ2) is 7.63. The summed E-state index contributed by atoms with van der Waals surface area (Å²) in [5.41, 5.74) is 2.70. The summed E-state index contributed by atoms with van der Waals surface area (Å²) >= 11 is 5.85. The first-order valence-corrected chi connectivity index (χ1v) is 7.50. The molecule has 0 saturated heterocycles. The molecule has 0 heterocycles. The van der Waals surface area contributed by atoms with Gasteiger partial charge in [0.05, 0.1) is 17.7 Å². The lowest BCUT2D eigenvalue weighted by Gasteiger charge is -2.14. The molecule has 1 unspecified atom stereocenters. The van der Waals surface area contributed by atoms with E-state index >= 15 is 0 Å².